The third-order valence-electron chi connectivity index (χ3n) is 12.4. The highest BCUT2D eigenvalue weighted by atomic mass is 16.3. The molecule has 0 fully saturated rings. The molecule has 2 heteroatoms. The highest BCUT2D eigenvalue weighted by molar-refractivity contribution is 6.13. The zero-order valence-corrected chi connectivity index (χ0v) is 36.4. The predicted octanol–water partition coefficient (Wildman–Crippen LogP) is 17.5. The maximum absolute atomic E-state index is 6.37. The SMILES string of the molecule is CC(C)(C)c1cc(-c2cccc3cccc(-c4ccccc4N(c4cccc(-c5cccc6oc7ccccc7c56)c4)c4ccccc4-c4ccccc4)c23)cc(C(C)(C)C)c1. The van der Waals surface area contributed by atoms with E-state index >= 15 is 0 Å². The van der Waals surface area contributed by atoms with Gasteiger partial charge in [0, 0.05) is 27.6 Å². The second-order valence-corrected chi connectivity index (χ2v) is 18.6. The quantitative estimate of drug-likeness (QED) is 0.160. The summed E-state index contributed by atoms with van der Waals surface area (Å²) in [7, 11) is 0. The summed E-state index contributed by atoms with van der Waals surface area (Å²) in [6.45, 7) is 13.9. The van der Waals surface area contributed by atoms with Gasteiger partial charge in [-0.05, 0) is 103 Å². The van der Waals surface area contributed by atoms with E-state index in [2.05, 4.69) is 241 Å². The van der Waals surface area contributed by atoms with Gasteiger partial charge in [-0.1, -0.05) is 205 Å². The van der Waals surface area contributed by atoms with Crippen LogP contribution in [0.4, 0.5) is 17.1 Å². The van der Waals surface area contributed by atoms with E-state index < -0.39 is 0 Å². The van der Waals surface area contributed by atoms with Gasteiger partial charge in [-0.15, -0.1) is 0 Å². The summed E-state index contributed by atoms with van der Waals surface area (Å²) in [5.74, 6) is 0. The Hall–Kier alpha value is -7.16. The van der Waals surface area contributed by atoms with Gasteiger partial charge >= 0.3 is 0 Å². The summed E-state index contributed by atoms with van der Waals surface area (Å²) in [5, 5.41) is 4.71. The highest BCUT2D eigenvalue weighted by Crippen LogP contribution is 2.48. The van der Waals surface area contributed by atoms with Crippen LogP contribution in [0.1, 0.15) is 52.7 Å². The minimum atomic E-state index is -0.00650. The summed E-state index contributed by atoms with van der Waals surface area (Å²) in [6.07, 6.45) is 0. The Morgan fingerprint density at radius 2 is 0.871 bits per heavy atom. The zero-order valence-electron chi connectivity index (χ0n) is 36.4. The summed E-state index contributed by atoms with van der Waals surface area (Å²) < 4.78 is 6.37. The molecule has 0 atom stereocenters. The van der Waals surface area contributed by atoms with Gasteiger partial charge in [0.1, 0.15) is 11.2 Å². The standard InChI is InChI=1S/C60H51NO/c1-59(2,3)44-36-43(37-45(39-44)60(4,5)6)49-29-17-22-41-23-18-31-51(57(41)49)50-27-11-14-33-54(50)61(53-32-13-10-26-47(53)40-20-8-7-9-21-40)46-25-16-24-42(38-46)48-30-19-35-56-58(48)52-28-12-15-34-55(52)62-56/h7-39H,1-6H3. The Kier molecular flexibility index (Phi) is 9.68. The fourth-order valence-electron chi connectivity index (χ4n) is 9.12. The lowest BCUT2D eigenvalue weighted by atomic mass is 9.78. The first-order chi connectivity index (χ1) is 30.0. The van der Waals surface area contributed by atoms with Crippen LogP contribution in [0, 0.1) is 0 Å². The van der Waals surface area contributed by atoms with Gasteiger partial charge in [0.2, 0.25) is 0 Å². The molecule has 2 nitrogen and oxygen atoms in total. The van der Waals surface area contributed by atoms with Crippen molar-refractivity contribution in [2.75, 3.05) is 4.90 Å². The number of nitrogens with zero attached hydrogens (tertiary/aromatic N) is 1. The Morgan fingerprint density at radius 3 is 1.58 bits per heavy atom. The lowest BCUT2D eigenvalue weighted by Crippen LogP contribution is -2.16. The molecule has 0 saturated carbocycles. The molecule has 0 bridgehead atoms. The van der Waals surface area contributed by atoms with Crippen molar-refractivity contribution in [3.05, 3.63) is 211 Å². The molecule has 62 heavy (non-hydrogen) atoms. The minimum absolute atomic E-state index is 0.00650. The third-order valence-corrected chi connectivity index (χ3v) is 12.4. The average molecular weight is 802 g/mol. The van der Waals surface area contributed by atoms with Gasteiger partial charge in [-0.25, -0.2) is 0 Å². The predicted molar refractivity (Wildman–Crippen MR) is 265 cm³/mol. The lowest BCUT2D eigenvalue weighted by molar-refractivity contribution is 0.569. The Labute approximate surface area is 365 Å². The molecule has 0 amide bonds. The summed E-state index contributed by atoms with van der Waals surface area (Å²) in [6, 6.07) is 73.1. The Morgan fingerprint density at radius 1 is 0.355 bits per heavy atom. The van der Waals surface area contributed by atoms with Crippen molar-refractivity contribution in [2.45, 2.75) is 52.4 Å². The van der Waals surface area contributed by atoms with Crippen molar-refractivity contribution >= 4 is 49.8 Å². The smallest absolute Gasteiger partial charge is 0.136 e. The largest absolute Gasteiger partial charge is 0.456 e. The molecule has 0 radical (unpaired) electrons. The topological polar surface area (TPSA) is 16.4 Å². The maximum atomic E-state index is 6.37. The first kappa shape index (κ1) is 39.0. The molecule has 10 rings (SSSR count). The second-order valence-electron chi connectivity index (χ2n) is 18.6. The monoisotopic (exact) mass is 801 g/mol. The number of hydrogen-bond donors (Lipinski definition) is 0. The fourth-order valence-corrected chi connectivity index (χ4v) is 9.12. The van der Waals surface area contributed by atoms with E-state index in [9.17, 15) is 0 Å². The molecule has 302 valence electrons. The van der Waals surface area contributed by atoms with Crippen LogP contribution < -0.4 is 4.90 Å². The number of anilines is 3. The van der Waals surface area contributed by atoms with Crippen LogP contribution in [0.15, 0.2) is 205 Å². The molecule has 0 unspecified atom stereocenters. The van der Waals surface area contributed by atoms with Crippen LogP contribution in [0.2, 0.25) is 0 Å². The van der Waals surface area contributed by atoms with Gasteiger partial charge in [-0.2, -0.15) is 0 Å². The fraction of sp³-hybridized carbons (Fsp3) is 0.133. The first-order valence-electron chi connectivity index (χ1n) is 21.8. The number of rotatable bonds is 7. The van der Waals surface area contributed by atoms with Crippen LogP contribution in [-0.4, -0.2) is 0 Å². The molecule has 0 aliphatic heterocycles. The molecular formula is C60H51NO. The van der Waals surface area contributed by atoms with Crippen LogP contribution in [0.3, 0.4) is 0 Å². The highest BCUT2D eigenvalue weighted by Gasteiger charge is 2.25. The number of benzene rings is 9. The number of para-hydroxylation sites is 3. The van der Waals surface area contributed by atoms with E-state index in [1.165, 1.54) is 38.6 Å². The third kappa shape index (κ3) is 7.06. The van der Waals surface area contributed by atoms with Crippen molar-refractivity contribution in [1.82, 2.24) is 0 Å². The summed E-state index contributed by atoms with van der Waals surface area (Å²) >= 11 is 0. The van der Waals surface area contributed by atoms with Gasteiger partial charge in [0.15, 0.2) is 0 Å². The van der Waals surface area contributed by atoms with E-state index in [0.717, 1.165) is 66.8 Å². The van der Waals surface area contributed by atoms with Crippen molar-refractivity contribution in [3.8, 4) is 44.5 Å². The Balaban J connectivity index is 1.23. The molecule has 0 saturated heterocycles. The normalized spacial score (nSPS) is 12.0. The van der Waals surface area contributed by atoms with E-state index in [-0.39, 0.29) is 10.8 Å². The van der Waals surface area contributed by atoms with Crippen LogP contribution in [-0.2, 0) is 10.8 Å². The van der Waals surface area contributed by atoms with Crippen molar-refractivity contribution in [3.63, 3.8) is 0 Å². The molecule has 10 aromatic rings. The molecule has 1 aromatic heterocycles. The molecule has 1 heterocycles. The van der Waals surface area contributed by atoms with Crippen molar-refractivity contribution in [2.24, 2.45) is 0 Å². The minimum Gasteiger partial charge on any atom is -0.456 e. The molecule has 0 spiro atoms. The number of furan rings is 1. The van der Waals surface area contributed by atoms with Crippen LogP contribution in [0.5, 0.6) is 0 Å². The summed E-state index contributed by atoms with van der Waals surface area (Å²) in [4.78, 5) is 2.47. The molecular weight excluding hydrogens is 751 g/mol. The van der Waals surface area contributed by atoms with Crippen LogP contribution in [0.25, 0.3) is 77.2 Å². The molecule has 0 N–H and O–H groups in total. The van der Waals surface area contributed by atoms with E-state index in [1.54, 1.807) is 0 Å². The molecule has 0 aliphatic rings. The van der Waals surface area contributed by atoms with E-state index in [1.807, 2.05) is 6.07 Å². The zero-order chi connectivity index (χ0) is 42.6. The number of hydrogen-bond acceptors (Lipinski definition) is 2. The average Bonchev–Trinajstić information content (AvgIpc) is 3.68. The molecule has 0 aliphatic carbocycles. The summed E-state index contributed by atoms with van der Waals surface area (Å²) in [5.41, 5.74) is 17.2. The van der Waals surface area contributed by atoms with Crippen LogP contribution >= 0.6 is 0 Å². The Bertz CT molecular complexity index is 3230. The van der Waals surface area contributed by atoms with E-state index in [4.69, 9.17) is 4.42 Å². The first-order valence-corrected chi connectivity index (χ1v) is 21.8. The van der Waals surface area contributed by atoms with Gasteiger partial charge < -0.3 is 9.32 Å². The second kappa shape index (κ2) is 15.4. The van der Waals surface area contributed by atoms with Crippen molar-refractivity contribution < 1.29 is 4.42 Å². The van der Waals surface area contributed by atoms with Gasteiger partial charge in [0.25, 0.3) is 0 Å². The number of fused-ring (bicyclic) bond motifs is 4. The van der Waals surface area contributed by atoms with Gasteiger partial charge in [-0.3, -0.25) is 0 Å². The maximum Gasteiger partial charge on any atom is 0.136 e. The van der Waals surface area contributed by atoms with E-state index in [0.29, 0.717) is 0 Å². The molecule has 9 aromatic carbocycles. The van der Waals surface area contributed by atoms with Crippen molar-refractivity contribution in [1.29, 1.82) is 0 Å². The lowest BCUT2D eigenvalue weighted by Gasteiger charge is -2.30. The van der Waals surface area contributed by atoms with Gasteiger partial charge in [0.05, 0.1) is 11.4 Å².